The van der Waals surface area contributed by atoms with Crippen molar-refractivity contribution >= 4 is 0 Å². The molecule has 0 atom stereocenters. The van der Waals surface area contributed by atoms with Gasteiger partial charge < -0.3 is 4.74 Å². The molecule has 0 heterocycles. The summed E-state index contributed by atoms with van der Waals surface area (Å²) in [6.07, 6.45) is -0.534. The fourth-order valence-electron chi connectivity index (χ4n) is 0.754. The van der Waals surface area contributed by atoms with Crippen LogP contribution >= 0.6 is 0 Å². The van der Waals surface area contributed by atoms with Gasteiger partial charge in [0.1, 0.15) is 5.76 Å². The Kier molecular flexibility index (Phi) is 11.1. The lowest BCUT2D eigenvalue weighted by Crippen LogP contribution is -2.08. The summed E-state index contributed by atoms with van der Waals surface area (Å²) >= 11 is 0. The first-order valence-corrected chi connectivity index (χ1v) is 5.14. The molecule has 0 radical (unpaired) electrons. The number of halogens is 3. The smallest absolute Gasteiger partial charge is 0.389 e. The van der Waals surface area contributed by atoms with Gasteiger partial charge in [0, 0.05) is 6.42 Å². The molecule has 0 fully saturated rings. The highest BCUT2D eigenvalue weighted by atomic mass is 19.4. The third kappa shape index (κ3) is 12.8. The van der Waals surface area contributed by atoms with Crippen molar-refractivity contribution in [2.24, 2.45) is 0 Å². The van der Waals surface area contributed by atoms with Crippen LogP contribution < -0.4 is 0 Å². The summed E-state index contributed by atoms with van der Waals surface area (Å²) in [5.41, 5.74) is 0. The van der Waals surface area contributed by atoms with Crippen molar-refractivity contribution in [3.8, 4) is 0 Å². The van der Waals surface area contributed by atoms with Crippen molar-refractivity contribution in [2.45, 2.75) is 32.9 Å². The van der Waals surface area contributed by atoms with E-state index in [9.17, 15) is 13.2 Å². The molecule has 0 saturated heterocycles. The first-order chi connectivity index (χ1) is 7.49. The minimum absolute atomic E-state index is 0.0329. The van der Waals surface area contributed by atoms with Gasteiger partial charge in [-0.05, 0) is 18.6 Å². The first-order valence-electron chi connectivity index (χ1n) is 5.14. The van der Waals surface area contributed by atoms with Gasteiger partial charge >= 0.3 is 6.18 Å². The van der Waals surface area contributed by atoms with Crippen molar-refractivity contribution in [2.75, 3.05) is 6.61 Å². The summed E-state index contributed by atoms with van der Waals surface area (Å²) in [6, 6.07) is 0. The van der Waals surface area contributed by atoms with E-state index in [1.165, 1.54) is 12.2 Å². The number of hydrogen-bond donors (Lipinski definition) is 0. The molecule has 0 aliphatic heterocycles. The third-order valence-electron chi connectivity index (χ3n) is 1.36. The van der Waals surface area contributed by atoms with Crippen LogP contribution in [0.25, 0.3) is 0 Å². The molecule has 0 saturated carbocycles. The lowest BCUT2D eigenvalue weighted by molar-refractivity contribution is -0.137. The standard InChI is InChI=1S/C10H13F3O.C2H6/c1-3-6-9(4-2)14-8-5-7-10(11,12)13;1-2/h3-4,6H,1-2,5,7-8H2;1-2H3/b9-6+;. The molecule has 0 aliphatic carbocycles. The molecule has 16 heavy (non-hydrogen) atoms. The quantitative estimate of drug-likeness (QED) is 0.371. The van der Waals surface area contributed by atoms with Crippen molar-refractivity contribution in [1.29, 1.82) is 0 Å². The predicted octanol–water partition coefficient (Wildman–Crippen LogP) is 4.63. The molecule has 0 amide bonds. The second-order valence-electron chi connectivity index (χ2n) is 2.58. The molecule has 0 N–H and O–H groups in total. The Morgan fingerprint density at radius 3 is 2.19 bits per heavy atom. The van der Waals surface area contributed by atoms with Crippen LogP contribution in [0.3, 0.4) is 0 Å². The van der Waals surface area contributed by atoms with E-state index >= 15 is 0 Å². The zero-order chi connectivity index (χ0) is 13.0. The van der Waals surface area contributed by atoms with E-state index < -0.39 is 12.6 Å². The summed E-state index contributed by atoms with van der Waals surface area (Å²) < 4.78 is 40.1. The molecule has 0 aliphatic rings. The van der Waals surface area contributed by atoms with Gasteiger partial charge in [0.25, 0.3) is 0 Å². The second kappa shape index (κ2) is 10.3. The van der Waals surface area contributed by atoms with Crippen LogP contribution in [-0.4, -0.2) is 12.8 Å². The molecular weight excluding hydrogens is 217 g/mol. The fourth-order valence-corrected chi connectivity index (χ4v) is 0.754. The summed E-state index contributed by atoms with van der Waals surface area (Å²) in [6.45, 7) is 10.9. The van der Waals surface area contributed by atoms with E-state index in [2.05, 4.69) is 13.2 Å². The molecule has 0 spiro atoms. The van der Waals surface area contributed by atoms with Gasteiger partial charge in [-0.2, -0.15) is 13.2 Å². The van der Waals surface area contributed by atoms with Crippen molar-refractivity contribution in [3.63, 3.8) is 0 Å². The molecular formula is C12H19F3O. The number of allylic oxidation sites excluding steroid dienone is 3. The lowest BCUT2D eigenvalue weighted by atomic mass is 10.3. The van der Waals surface area contributed by atoms with Gasteiger partial charge in [0.05, 0.1) is 6.61 Å². The first kappa shape index (κ1) is 17.2. The Morgan fingerprint density at radius 2 is 1.81 bits per heavy atom. The zero-order valence-electron chi connectivity index (χ0n) is 9.81. The summed E-state index contributed by atoms with van der Waals surface area (Å²) in [5.74, 6) is 0.433. The zero-order valence-corrected chi connectivity index (χ0v) is 9.81. The Bertz CT molecular complexity index is 217. The van der Waals surface area contributed by atoms with E-state index in [0.717, 1.165) is 0 Å². The highest BCUT2D eigenvalue weighted by Crippen LogP contribution is 2.21. The molecule has 0 aromatic rings. The fraction of sp³-hybridized carbons (Fsp3) is 0.500. The van der Waals surface area contributed by atoms with Crippen molar-refractivity contribution < 1.29 is 17.9 Å². The van der Waals surface area contributed by atoms with Crippen LogP contribution in [-0.2, 0) is 4.74 Å². The maximum atomic E-state index is 11.7. The van der Waals surface area contributed by atoms with Crippen LogP contribution in [0.4, 0.5) is 13.2 Å². The number of ether oxygens (including phenoxy) is 1. The highest BCUT2D eigenvalue weighted by Gasteiger charge is 2.25. The SMILES string of the molecule is C=C/C=C(\C=C)OCCCC(F)(F)F.CC. The highest BCUT2D eigenvalue weighted by molar-refractivity contribution is 5.14. The van der Waals surface area contributed by atoms with Crippen LogP contribution in [0.5, 0.6) is 0 Å². The molecule has 1 nitrogen and oxygen atoms in total. The van der Waals surface area contributed by atoms with Crippen LogP contribution in [0.2, 0.25) is 0 Å². The van der Waals surface area contributed by atoms with E-state index in [1.54, 1.807) is 6.08 Å². The van der Waals surface area contributed by atoms with Gasteiger partial charge in [-0.15, -0.1) is 0 Å². The Balaban J connectivity index is 0. The number of alkyl halides is 3. The molecule has 0 rings (SSSR count). The van der Waals surface area contributed by atoms with E-state index in [-0.39, 0.29) is 13.0 Å². The van der Waals surface area contributed by atoms with Gasteiger partial charge in [0.15, 0.2) is 0 Å². The van der Waals surface area contributed by atoms with Crippen molar-refractivity contribution in [3.05, 3.63) is 37.1 Å². The molecule has 0 bridgehead atoms. The van der Waals surface area contributed by atoms with Gasteiger partial charge in [-0.25, -0.2) is 0 Å². The van der Waals surface area contributed by atoms with E-state index in [4.69, 9.17) is 4.74 Å². The van der Waals surface area contributed by atoms with E-state index in [1.807, 2.05) is 13.8 Å². The minimum Gasteiger partial charge on any atom is -0.494 e. The Morgan fingerprint density at radius 1 is 1.25 bits per heavy atom. The Labute approximate surface area is 95.3 Å². The summed E-state index contributed by atoms with van der Waals surface area (Å²) in [5, 5.41) is 0. The Hall–Kier alpha value is -1.19. The van der Waals surface area contributed by atoms with Crippen LogP contribution in [0.15, 0.2) is 37.1 Å². The third-order valence-corrected chi connectivity index (χ3v) is 1.36. The second-order valence-corrected chi connectivity index (χ2v) is 2.58. The van der Waals surface area contributed by atoms with Crippen molar-refractivity contribution in [1.82, 2.24) is 0 Å². The molecule has 0 aromatic carbocycles. The average molecular weight is 236 g/mol. The van der Waals surface area contributed by atoms with Crippen LogP contribution in [0.1, 0.15) is 26.7 Å². The maximum Gasteiger partial charge on any atom is 0.389 e. The number of rotatable bonds is 6. The topological polar surface area (TPSA) is 9.23 Å². The lowest BCUT2D eigenvalue weighted by Gasteiger charge is -2.08. The van der Waals surface area contributed by atoms with Crippen LogP contribution in [0, 0.1) is 0 Å². The minimum atomic E-state index is -4.11. The number of hydrogen-bond acceptors (Lipinski definition) is 1. The van der Waals surface area contributed by atoms with Gasteiger partial charge in [-0.1, -0.05) is 33.1 Å². The predicted molar refractivity (Wildman–Crippen MR) is 61.1 cm³/mol. The summed E-state index contributed by atoms with van der Waals surface area (Å²) in [7, 11) is 0. The summed E-state index contributed by atoms with van der Waals surface area (Å²) in [4.78, 5) is 0. The molecule has 94 valence electrons. The molecule has 0 aromatic heterocycles. The molecule has 0 unspecified atom stereocenters. The normalized spacial score (nSPS) is 11.2. The monoisotopic (exact) mass is 236 g/mol. The maximum absolute atomic E-state index is 11.7. The van der Waals surface area contributed by atoms with Gasteiger partial charge in [0.2, 0.25) is 0 Å². The largest absolute Gasteiger partial charge is 0.494 e. The van der Waals surface area contributed by atoms with E-state index in [0.29, 0.717) is 5.76 Å². The molecule has 4 heteroatoms. The average Bonchev–Trinajstić information content (AvgIpc) is 2.24. The van der Waals surface area contributed by atoms with Gasteiger partial charge in [-0.3, -0.25) is 0 Å².